The average molecular weight is 288 g/mol. The number of hydrogen-bond acceptors (Lipinski definition) is 3. The maximum Gasteiger partial charge on any atom is 0.222 e. The highest BCUT2D eigenvalue weighted by molar-refractivity contribution is 5.76. The summed E-state index contributed by atoms with van der Waals surface area (Å²) >= 11 is 0. The summed E-state index contributed by atoms with van der Waals surface area (Å²) in [6.07, 6.45) is 0.504. The fraction of sp³-hybridized carbons (Fsp3) is 0.471. The van der Waals surface area contributed by atoms with Gasteiger partial charge in [-0.05, 0) is 23.6 Å². The van der Waals surface area contributed by atoms with Crippen LogP contribution in [0.25, 0.3) is 0 Å². The van der Waals surface area contributed by atoms with Crippen molar-refractivity contribution in [1.29, 1.82) is 0 Å². The molecule has 0 saturated carbocycles. The third kappa shape index (κ3) is 6.44. The molecule has 0 aliphatic rings. The molecule has 0 heterocycles. The molecule has 0 aromatic heterocycles. The Morgan fingerprint density at radius 3 is 2.62 bits per heavy atom. The number of benzene rings is 1. The molecule has 0 aliphatic carbocycles. The summed E-state index contributed by atoms with van der Waals surface area (Å²) in [7, 11) is 3.48. The lowest BCUT2D eigenvalue weighted by Gasteiger charge is -2.19. The molecule has 0 bridgehead atoms. The highest BCUT2D eigenvalue weighted by Crippen LogP contribution is 2.10. The van der Waals surface area contributed by atoms with Crippen molar-refractivity contribution in [1.82, 2.24) is 4.90 Å². The van der Waals surface area contributed by atoms with Gasteiger partial charge in [0.15, 0.2) is 0 Å². The number of methoxy groups -OCH3 is 1. The lowest BCUT2D eigenvalue weighted by molar-refractivity contribution is -0.131. The number of nitrogens with two attached hydrogens (primary N) is 1. The van der Waals surface area contributed by atoms with Crippen LogP contribution in [0.1, 0.15) is 24.5 Å². The number of rotatable bonds is 6. The number of carbonyl (C=O) groups excluding carboxylic acids is 1. The van der Waals surface area contributed by atoms with Crippen LogP contribution in [-0.4, -0.2) is 38.1 Å². The van der Waals surface area contributed by atoms with Crippen molar-refractivity contribution in [3.05, 3.63) is 35.4 Å². The van der Waals surface area contributed by atoms with Gasteiger partial charge in [-0.25, -0.2) is 0 Å². The fourth-order valence-corrected chi connectivity index (χ4v) is 2.01. The molecule has 4 nitrogen and oxygen atoms in total. The van der Waals surface area contributed by atoms with Crippen LogP contribution in [0, 0.1) is 17.8 Å². The van der Waals surface area contributed by atoms with Crippen LogP contribution >= 0.6 is 0 Å². The average Bonchev–Trinajstić information content (AvgIpc) is 2.46. The zero-order chi connectivity index (χ0) is 15.7. The second-order valence-electron chi connectivity index (χ2n) is 5.22. The number of hydrogen-bond donors (Lipinski definition) is 1. The monoisotopic (exact) mass is 288 g/mol. The highest BCUT2D eigenvalue weighted by atomic mass is 16.5. The number of carbonyl (C=O) groups is 1. The first-order valence-corrected chi connectivity index (χ1v) is 7.07. The molecule has 1 amide bonds. The molecule has 1 unspecified atom stereocenters. The minimum Gasteiger partial charge on any atom is -0.384 e. The fourth-order valence-electron chi connectivity index (χ4n) is 2.01. The third-order valence-electron chi connectivity index (χ3n) is 3.11. The maximum absolute atomic E-state index is 12.1. The Morgan fingerprint density at radius 2 is 2.05 bits per heavy atom. The van der Waals surface area contributed by atoms with Gasteiger partial charge in [0.05, 0.1) is 6.54 Å². The van der Waals surface area contributed by atoms with E-state index in [1.165, 1.54) is 0 Å². The Bertz CT molecular complexity index is 500. The molecule has 0 spiro atoms. The Balaban J connectivity index is 2.54. The summed E-state index contributed by atoms with van der Waals surface area (Å²) in [5.41, 5.74) is 7.36. The largest absolute Gasteiger partial charge is 0.384 e. The lowest BCUT2D eigenvalue weighted by Crippen LogP contribution is -2.28. The molecular weight excluding hydrogens is 264 g/mol. The van der Waals surface area contributed by atoms with E-state index in [1.807, 2.05) is 38.2 Å². The first-order valence-electron chi connectivity index (χ1n) is 7.07. The molecule has 1 rings (SSSR count). The molecule has 1 atom stereocenters. The van der Waals surface area contributed by atoms with E-state index >= 15 is 0 Å². The number of amides is 1. The first-order chi connectivity index (χ1) is 10.1. The second-order valence-corrected chi connectivity index (χ2v) is 5.22. The van der Waals surface area contributed by atoms with Crippen molar-refractivity contribution in [2.45, 2.75) is 19.9 Å². The quantitative estimate of drug-likeness (QED) is 0.809. The van der Waals surface area contributed by atoms with Gasteiger partial charge in [0.1, 0.15) is 0 Å². The molecule has 1 aromatic carbocycles. The molecule has 0 radical (unpaired) electrons. The molecular formula is C17H24N2O2. The van der Waals surface area contributed by atoms with E-state index in [9.17, 15) is 4.79 Å². The van der Waals surface area contributed by atoms with E-state index in [-0.39, 0.29) is 11.8 Å². The van der Waals surface area contributed by atoms with Crippen LogP contribution in [0.5, 0.6) is 0 Å². The minimum absolute atomic E-state index is 0.131. The Morgan fingerprint density at radius 1 is 1.38 bits per heavy atom. The molecule has 4 heteroatoms. The van der Waals surface area contributed by atoms with Crippen molar-refractivity contribution in [3.8, 4) is 11.8 Å². The van der Waals surface area contributed by atoms with Crippen molar-refractivity contribution in [2.75, 3.05) is 27.3 Å². The Labute approximate surface area is 127 Å². The van der Waals surface area contributed by atoms with E-state index in [0.717, 1.165) is 11.1 Å². The van der Waals surface area contributed by atoms with Gasteiger partial charge in [-0.15, -0.1) is 0 Å². The number of nitrogens with zero attached hydrogens (tertiary/aromatic N) is 1. The van der Waals surface area contributed by atoms with Crippen LogP contribution in [0.3, 0.4) is 0 Å². The second kappa shape index (κ2) is 9.17. The Hall–Kier alpha value is -1.83. The highest BCUT2D eigenvalue weighted by Gasteiger charge is 2.13. The summed E-state index contributed by atoms with van der Waals surface area (Å²) < 4.78 is 5.06. The van der Waals surface area contributed by atoms with E-state index in [1.54, 1.807) is 12.0 Å². The van der Waals surface area contributed by atoms with Crippen LogP contribution in [0.4, 0.5) is 0 Å². The van der Waals surface area contributed by atoms with Gasteiger partial charge in [0.25, 0.3) is 0 Å². The van der Waals surface area contributed by atoms with Crippen LogP contribution < -0.4 is 5.73 Å². The van der Waals surface area contributed by atoms with Gasteiger partial charge < -0.3 is 15.4 Å². The van der Waals surface area contributed by atoms with E-state index < -0.39 is 0 Å². The van der Waals surface area contributed by atoms with Crippen LogP contribution in [-0.2, 0) is 16.1 Å². The molecule has 21 heavy (non-hydrogen) atoms. The SMILES string of the molecule is COCC(C)CC(=O)N(C)Cc1ccc(C#CCN)cc1. The van der Waals surface area contributed by atoms with Gasteiger partial charge >= 0.3 is 0 Å². The lowest BCUT2D eigenvalue weighted by atomic mass is 10.1. The van der Waals surface area contributed by atoms with Gasteiger partial charge in [-0.1, -0.05) is 30.9 Å². The summed E-state index contributed by atoms with van der Waals surface area (Å²) in [6.45, 7) is 3.58. The molecule has 2 N–H and O–H groups in total. The van der Waals surface area contributed by atoms with Crippen LogP contribution in [0.15, 0.2) is 24.3 Å². The van der Waals surface area contributed by atoms with Crippen molar-refractivity contribution >= 4 is 5.91 Å². The molecule has 1 aromatic rings. The van der Waals surface area contributed by atoms with Crippen LogP contribution in [0.2, 0.25) is 0 Å². The van der Waals surface area contributed by atoms with Crippen molar-refractivity contribution in [2.24, 2.45) is 11.7 Å². The predicted octanol–water partition coefficient (Wildman–Crippen LogP) is 1.63. The summed E-state index contributed by atoms with van der Waals surface area (Å²) in [4.78, 5) is 13.8. The number of ether oxygens (including phenoxy) is 1. The van der Waals surface area contributed by atoms with Gasteiger partial charge in [-0.3, -0.25) is 4.79 Å². The normalized spacial score (nSPS) is 11.4. The topological polar surface area (TPSA) is 55.6 Å². The first kappa shape index (κ1) is 17.2. The summed E-state index contributed by atoms with van der Waals surface area (Å²) in [6, 6.07) is 7.87. The van der Waals surface area contributed by atoms with Crippen molar-refractivity contribution < 1.29 is 9.53 Å². The van der Waals surface area contributed by atoms with E-state index in [0.29, 0.717) is 26.1 Å². The predicted molar refractivity (Wildman–Crippen MR) is 84.5 cm³/mol. The summed E-state index contributed by atoms with van der Waals surface area (Å²) in [5, 5.41) is 0. The minimum atomic E-state index is 0.131. The van der Waals surface area contributed by atoms with E-state index in [2.05, 4.69) is 11.8 Å². The smallest absolute Gasteiger partial charge is 0.222 e. The van der Waals surface area contributed by atoms with Gasteiger partial charge in [-0.2, -0.15) is 0 Å². The van der Waals surface area contributed by atoms with Gasteiger partial charge in [0, 0.05) is 39.3 Å². The van der Waals surface area contributed by atoms with Crippen molar-refractivity contribution in [3.63, 3.8) is 0 Å². The maximum atomic E-state index is 12.1. The molecule has 114 valence electrons. The van der Waals surface area contributed by atoms with Gasteiger partial charge in [0.2, 0.25) is 5.91 Å². The molecule has 0 fully saturated rings. The zero-order valence-corrected chi connectivity index (χ0v) is 13.1. The Kier molecular flexibility index (Phi) is 7.52. The molecule has 0 aliphatic heterocycles. The van der Waals surface area contributed by atoms with E-state index in [4.69, 9.17) is 10.5 Å². The zero-order valence-electron chi connectivity index (χ0n) is 13.1. The third-order valence-corrected chi connectivity index (χ3v) is 3.11. The summed E-state index contributed by atoms with van der Waals surface area (Å²) in [5.74, 6) is 6.16. The molecule has 0 saturated heterocycles. The standard InChI is InChI=1S/C17H24N2O2/c1-14(13-21-3)11-17(20)19(2)12-16-8-6-15(7-9-16)5-4-10-18/h6-9,14H,10-13,18H2,1-3H3.